The quantitative estimate of drug-likeness (QED) is 0.724. The number of methoxy groups -OCH3 is 1. The van der Waals surface area contributed by atoms with Crippen LogP contribution in [0, 0.1) is 5.82 Å². The third-order valence-corrected chi connectivity index (χ3v) is 2.43. The summed E-state index contributed by atoms with van der Waals surface area (Å²) in [5, 5.41) is 3.38. The van der Waals surface area contributed by atoms with Crippen LogP contribution < -0.4 is 5.32 Å². The summed E-state index contributed by atoms with van der Waals surface area (Å²) in [6.07, 6.45) is 3.16. The lowest BCUT2D eigenvalue weighted by atomic mass is 10.1. The molecule has 0 saturated heterocycles. The fraction of sp³-hybridized carbons (Fsp3) is 0.583. The average molecular weight is 226 g/mol. The molecule has 4 heteroatoms. The van der Waals surface area contributed by atoms with Gasteiger partial charge in [0.2, 0.25) is 0 Å². The van der Waals surface area contributed by atoms with Gasteiger partial charge >= 0.3 is 0 Å². The summed E-state index contributed by atoms with van der Waals surface area (Å²) in [5.74, 6) is -0.294. The molecule has 1 aromatic rings. The first-order valence-corrected chi connectivity index (χ1v) is 5.61. The highest BCUT2D eigenvalue weighted by atomic mass is 19.1. The zero-order valence-corrected chi connectivity index (χ0v) is 9.87. The maximum absolute atomic E-state index is 12.7. The summed E-state index contributed by atoms with van der Waals surface area (Å²) in [4.78, 5) is 4.08. The molecule has 0 aliphatic carbocycles. The summed E-state index contributed by atoms with van der Waals surface area (Å²) in [6, 6.07) is 3.37. The molecule has 1 heterocycles. The molecule has 90 valence electrons. The van der Waals surface area contributed by atoms with E-state index in [-0.39, 0.29) is 11.9 Å². The van der Waals surface area contributed by atoms with Gasteiger partial charge in [0.25, 0.3) is 0 Å². The van der Waals surface area contributed by atoms with Gasteiger partial charge in [-0.15, -0.1) is 0 Å². The van der Waals surface area contributed by atoms with Crippen molar-refractivity contribution < 1.29 is 9.13 Å². The predicted octanol–water partition coefficient (Wildman–Crippen LogP) is 2.30. The largest absolute Gasteiger partial charge is 0.385 e. The van der Waals surface area contributed by atoms with Crippen molar-refractivity contribution in [3.63, 3.8) is 0 Å². The van der Waals surface area contributed by atoms with Gasteiger partial charge in [0.15, 0.2) is 0 Å². The van der Waals surface area contributed by atoms with Crippen molar-refractivity contribution in [2.45, 2.75) is 25.8 Å². The third kappa shape index (κ3) is 4.24. The van der Waals surface area contributed by atoms with Crippen molar-refractivity contribution in [2.75, 3.05) is 20.3 Å². The van der Waals surface area contributed by atoms with E-state index in [1.54, 1.807) is 13.2 Å². The van der Waals surface area contributed by atoms with E-state index in [1.165, 1.54) is 12.3 Å². The van der Waals surface area contributed by atoms with Crippen molar-refractivity contribution in [3.8, 4) is 0 Å². The molecular formula is C12H19FN2O. The molecule has 0 aromatic carbocycles. The van der Waals surface area contributed by atoms with Crippen LogP contribution in [-0.4, -0.2) is 25.2 Å². The molecule has 0 radical (unpaired) electrons. The summed E-state index contributed by atoms with van der Waals surface area (Å²) in [7, 11) is 1.69. The number of aromatic nitrogens is 1. The van der Waals surface area contributed by atoms with Crippen LogP contribution in [0.1, 0.15) is 31.5 Å². The van der Waals surface area contributed by atoms with Gasteiger partial charge < -0.3 is 10.1 Å². The third-order valence-electron chi connectivity index (χ3n) is 2.43. The molecule has 1 aromatic heterocycles. The molecular weight excluding hydrogens is 207 g/mol. The molecule has 1 unspecified atom stereocenters. The highest BCUT2D eigenvalue weighted by Gasteiger charge is 2.09. The zero-order valence-electron chi connectivity index (χ0n) is 9.87. The Bertz CT molecular complexity index is 290. The van der Waals surface area contributed by atoms with Gasteiger partial charge in [0, 0.05) is 19.8 Å². The van der Waals surface area contributed by atoms with Gasteiger partial charge in [-0.1, -0.05) is 6.92 Å². The molecule has 0 spiro atoms. The Morgan fingerprint density at radius 2 is 2.31 bits per heavy atom. The number of nitrogens with zero attached hydrogens (tertiary/aromatic N) is 1. The zero-order chi connectivity index (χ0) is 11.8. The molecule has 0 amide bonds. The fourth-order valence-corrected chi connectivity index (χ4v) is 1.54. The summed E-state index contributed by atoms with van der Waals surface area (Å²) in [6.45, 7) is 3.71. The SMILES string of the molecule is CCC(NCCCOC)c1ccc(F)cn1. The predicted molar refractivity (Wildman–Crippen MR) is 61.7 cm³/mol. The Morgan fingerprint density at radius 3 is 2.88 bits per heavy atom. The number of halogens is 1. The van der Waals surface area contributed by atoms with Crippen molar-refractivity contribution >= 4 is 0 Å². The van der Waals surface area contributed by atoms with Crippen molar-refractivity contribution in [3.05, 3.63) is 29.8 Å². The van der Waals surface area contributed by atoms with Gasteiger partial charge in [-0.05, 0) is 31.5 Å². The van der Waals surface area contributed by atoms with E-state index in [0.717, 1.165) is 31.7 Å². The summed E-state index contributed by atoms with van der Waals surface area (Å²) < 4.78 is 17.7. The average Bonchev–Trinajstić information content (AvgIpc) is 2.31. The standard InChI is InChI=1S/C12H19FN2O/c1-3-11(14-7-4-8-16-2)12-6-5-10(13)9-15-12/h5-6,9,11,14H,3-4,7-8H2,1-2H3. The van der Waals surface area contributed by atoms with Crippen LogP contribution in [0.3, 0.4) is 0 Å². The monoisotopic (exact) mass is 226 g/mol. The van der Waals surface area contributed by atoms with Gasteiger partial charge in [-0.3, -0.25) is 4.98 Å². The minimum absolute atomic E-state index is 0.192. The first-order valence-electron chi connectivity index (χ1n) is 5.61. The molecule has 16 heavy (non-hydrogen) atoms. The van der Waals surface area contributed by atoms with Crippen LogP contribution in [0.5, 0.6) is 0 Å². The molecule has 0 aliphatic rings. The molecule has 1 N–H and O–H groups in total. The van der Waals surface area contributed by atoms with E-state index >= 15 is 0 Å². The van der Waals surface area contributed by atoms with Crippen molar-refractivity contribution in [1.82, 2.24) is 10.3 Å². The molecule has 3 nitrogen and oxygen atoms in total. The summed E-state index contributed by atoms with van der Waals surface area (Å²) in [5.41, 5.74) is 0.890. The van der Waals surface area contributed by atoms with E-state index < -0.39 is 0 Å². The number of pyridine rings is 1. The first-order chi connectivity index (χ1) is 7.77. The summed E-state index contributed by atoms with van der Waals surface area (Å²) >= 11 is 0. The van der Waals surface area contributed by atoms with Crippen LogP contribution in [0.2, 0.25) is 0 Å². The van der Waals surface area contributed by atoms with E-state index in [0.29, 0.717) is 0 Å². The maximum Gasteiger partial charge on any atom is 0.141 e. The normalized spacial score (nSPS) is 12.7. The van der Waals surface area contributed by atoms with Crippen molar-refractivity contribution in [2.24, 2.45) is 0 Å². The minimum Gasteiger partial charge on any atom is -0.385 e. The second kappa shape index (κ2) is 7.30. The smallest absolute Gasteiger partial charge is 0.141 e. The molecule has 1 atom stereocenters. The van der Waals surface area contributed by atoms with Crippen LogP contribution in [0.4, 0.5) is 4.39 Å². The number of nitrogens with one attached hydrogen (secondary N) is 1. The van der Waals surface area contributed by atoms with Gasteiger partial charge in [0.05, 0.1) is 11.9 Å². The van der Waals surface area contributed by atoms with E-state index in [9.17, 15) is 4.39 Å². The van der Waals surface area contributed by atoms with E-state index in [4.69, 9.17) is 4.74 Å². The number of hydrogen-bond donors (Lipinski definition) is 1. The Balaban J connectivity index is 2.44. The Hall–Kier alpha value is -1.00. The van der Waals surface area contributed by atoms with Crippen LogP contribution in [0.25, 0.3) is 0 Å². The van der Waals surface area contributed by atoms with Gasteiger partial charge in [-0.25, -0.2) is 4.39 Å². The molecule has 1 rings (SSSR count). The first kappa shape index (κ1) is 13.1. The van der Waals surface area contributed by atoms with Gasteiger partial charge in [-0.2, -0.15) is 0 Å². The van der Waals surface area contributed by atoms with Crippen molar-refractivity contribution in [1.29, 1.82) is 0 Å². The maximum atomic E-state index is 12.7. The number of hydrogen-bond acceptors (Lipinski definition) is 3. The second-order valence-corrected chi connectivity index (χ2v) is 3.66. The van der Waals surface area contributed by atoms with Crippen LogP contribution in [-0.2, 0) is 4.74 Å². The highest BCUT2D eigenvalue weighted by molar-refractivity contribution is 5.09. The Labute approximate surface area is 96.0 Å². The molecule has 0 aliphatic heterocycles. The topological polar surface area (TPSA) is 34.1 Å². The lowest BCUT2D eigenvalue weighted by Crippen LogP contribution is -2.23. The second-order valence-electron chi connectivity index (χ2n) is 3.66. The highest BCUT2D eigenvalue weighted by Crippen LogP contribution is 2.13. The van der Waals surface area contributed by atoms with E-state index in [1.807, 2.05) is 0 Å². The fourth-order valence-electron chi connectivity index (χ4n) is 1.54. The Morgan fingerprint density at radius 1 is 1.50 bits per heavy atom. The van der Waals surface area contributed by atoms with E-state index in [2.05, 4.69) is 17.2 Å². The molecule has 0 fully saturated rings. The number of rotatable bonds is 7. The molecule has 0 bridgehead atoms. The van der Waals surface area contributed by atoms with Crippen LogP contribution in [0.15, 0.2) is 18.3 Å². The van der Waals surface area contributed by atoms with Crippen LogP contribution >= 0.6 is 0 Å². The lowest BCUT2D eigenvalue weighted by molar-refractivity contribution is 0.193. The number of ether oxygens (including phenoxy) is 1. The minimum atomic E-state index is -0.294. The molecule has 0 saturated carbocycles. The lowest BCUT2D eigenvalue weighted by Gasteiger charge is -2.16. The Kier molecular flexibility index (Phi) is 5.96. The van der Waals surface area contributed by atoms with Gasteiger partial charge in [0.1, 0.15) is 5.82 Å².